The van der Waals surface area contributed by atoms with Crippen molar-refractivity contribution in [3.05, 3.63) is 28.8 Å². The molecule has 0 aromatic heterocycles. The molecule has 2 N–H and O–H groups in total. The zero-order valence-corrected chi connectivity index (χ0v) is 11.7. The van der Waals surface area contributed by atoms with Crippen LogP contribution in [0.15, 0.2) is 18.2 Å². The van der Waals surface area contributed by atoms with Crippen molar-refractivity contribution in [2.24, 2.45) is 0 Å². The van der Waals surface area contributed by atoms with Crippen LogP contribution in [0.1, 0.15) is 39.4 Å². The first-order valence-corrected chi connectivity index (χ1v) is 6.04. The van der Waals surface area contributed by atoms with Crippen molar-refractivity contribution < 1.29 is 14.6 Å². The number of hydrogen-bond donors (Lipinski definition) is 2. The Bertz CT molecular complexity index is 438. The quantitative estimate of drug-likeness (QED) is 0.861. The summed E-state index contributed by atoms with van der Waals surface area (Å²) in [6.07, 6.45) is -1.20. The first-order chi connectivity index (χ1) is 8.19. The molecule has 0 heterocycles. The number of rotatable bonds is 2. The van der Waals surface area contributed by atoms with Crippen LogP contribution in [-0.4, -0.2) is 16.8 Å². The predicted octanol–water partition coefficient (Wildman–Crippen LogP) is 3.74. The monoisotopic (exact) mass is 271 g/mol. The van der Waals surface area contributed by atoms with Crippen molar-refractivity contribution >= 4 is 23.4 Å². The Morgan fingerprint density at radius 3 is 2.56 bits per heavy atom. The molecule has 0 fully saturated rings. The van der Waals surface area contributed by atoms with Gasteiger partial charge in [-0.1, -0.05) is 17.7 Å². The summed E-state index contributed by atoms with van der Waals surface area (Å²) in [5.74, 6) is 0. The number of amides is 1. The fourth-order valence-corrected chi connectivity index (χ4v) is 1.48. The molecule has 1 rings (SSSR count). The Morgan fingerprint density at radius 2 is 2.06 bits per heavy atom. The second-order valence-electron chi connectivity index (χ2n) is 5.04. The van der Waals surface area contributed by atoms with Gasteiger partial charge in [0.25, 0.3) is 0 Å². The van der Waals surface area contributed by atoms with Crippen LogP contribution >= 0.6 is 11.6 Å². The van der Waals surface area contributed by atoms with Crippen molar-refractivity contribution in [1.82, 2.24) is 0 Å². The van der Waals surface area contributed by atoms with Gasteiger partial charge in [-0.15, -0.1) is 0 Å². The van der Waals surface area contributed by atoms with Gasteiger partial charge in [0.2, 0.25) is 0 Å². The maximum atomic E-state index is 11.6. The van der Waals surface area contributed by atoms with Gasteiger partial charge in [-0.2, -0.15) is 0 Å². The van der Waals surface area contributed by atoms with Crippen LogP contribution < -0.4 is 5.32 Å². The maximum Gasteiger partial charge on any atom is 0.412 e. The summed E-state index contributed by atoms with van der Waals surface area (Å²) in [6.45, 7) is 6.97. The Hall–Kier alpha value is -1.26. The van der Waals surface area contributed by atoms with E-state index in [-0.39, 0.29) is 0 Å². The number of ether oxygens (including phenoxy) is 1. The van der Waals surface area contributed by atoms with E-state index in [4.69, 9.17) is 16.3 Å². The van der Waals surface area contributed by atoms with Crippen LogP contribution in [0.4, 0.5) is 10.5 Å². The number of halogens is 1. The fraction of sp³-hybridized carbons (Fsp3) is 0.462. The first kappa shape index (κ1) is 14.8. The van der Waals surface area contributed by atoms with Crippen LogP contribution in [0.5, 0.6) is 0 Å². The topological polar surface area (TPSA) is 58.6 Å². The highest BCUT2D eigenvalue weighted by molar-refractivity contribution is 6.33. The summed E-state index contributed by atoms with van der Waals surface area (Å²) in [4.78, 5) is 11.6. The van der Waals surface area contributed by atoms with E-state index in [1.807, 2.05) is 0 Å². The zero-order chi connectivity index (χ0) is 13.9. The number of carbonyl (C=O) groups excluding carboxylic acids is 1. The molecule has 1 aromatic carbocycles. The van der Waals surface area contributed by atoms with Crippen molar-refractivity contribution in [1.29, 1.82) is 0 Å². The minimum atomic E-state index is -0.624. The first-order valence-electron chi connectivity index (χ1n) is 5.66. The molecule has 0 aliphatic carbocycles. The van der Waals surface area contributed by atoms with Gasteiger partial charge in [0, 0.05) is 0 Å². The molecule has 1 aromatic rings. The van der Waals surface area contributed by atoms with Gasteiger partial charge in [0.05, 0.1) is 16.8 Å². The normalized spacial score (nSPS) is 13.0. The highest BCUT2D eigenvalue weighted by Gasteiger charge is 2.17. The van der Waals surface area contributed by atoms with Crippen LogP contribution in [-0.2, 0) is 4.74 Å². The standard InChI is InChI=1S/C13H18ClNO3/c1-8(16)9-5-6-10(14)11(7-9)15-12(17)18-13(2,3)4/h5-8,16H,1-4H3,(H,15,17). The molecular weight excluding hydrogens is 254 g/mol. The molecule has 0 bridgehead atoms. The molecular formula is C13H18ClNO3. The molecule has 0 aliphatic rings. The minimum absolute atomic E-state index is 0.394. The van der Waals surface area contributed by atoms with Crippen molar-refractivity contribution in [3.8, 4) is 0 Å². The molecule has 4 nitrogen and oxygen atoms in total. The highest BCUT2D eigenvalue weighted by Crippen LogP contribution is 2.26. The van der Waals surface area contributed by atoms with E-state index in [0.29, 0.717) is 16.3 Å². The number of nitrogens with one attached hydrogen (secondary N) is 1. The lowest BCUT2D eigenvalue weighted by Crippen LogP contribution is -2.27. The van der Waals surface area contributed by atoms with Crippen LogP contribution in [0.2, 0.25) is 5.02 Å². The van der Waals surface area contributed by atoms with Gasteiger partial charge in [0.1, 0.15) is 5.60 Å². The maximum absolute atomic E-state index is 11.6. The van der Waals surface area contributed by atoms with E-state index >= 15 is 0 Å². The molecule has 0 spiro atoms. The number of carbonyl (C=O) groups is 1. The van der Waals surface area contributed by atoms with Crippen LogP contribution in [0, 0.1) is 0 Å². The van der Waals surface area contributed by atoms with E-state index in [2.05, 4.69) is 5.32 Å². The van der Waals surface area contributed by atoms with E-state index in [1.165, 1.54) is 0 Å². The van der Waals surface area contributed by atoms with Crippen LogP contribution in [0.3, 0.4) is 0 Å². The third-order valence-corrected chi connectivity index (χ3v) is 2.44. The molecule has 18 heavy (non-hydrogen) atoms. The average Bonchev–Trinajstić information content (AvgIpc) is 2.18. The Labute approximate surface area is 112 Å². The lowest BCUT2D eigenvalue weighted by atomic mass is 10.1. The van der Waals surface area contributed by atoms with E-state index in [1.54, 1.807) is 45.9 Å². The summed E-state index contributed by atoms with van der Waals surface area (Å²) >= 11 is 5.96. The van der Waals surface area contributed by atoms with Crippen molar-refractivity contribution in [2.75, 3.05) is 5.32 Å². The SMILES string of the molecule is CC(O)c1ccc(Cl)c(NC(=O)OC(C)(C)C)c1. The Kier molecular flexibility index (Phi) is 4.59. The lowest BCUT2D eigenvalue weighted by Gasteiger charge is -2.20. The van der Waals surface area contributed by atoms with Gasteiger partial charge >= 0.3 is 6.09 Å². The third-order valence-electron chi connectivity index (χ3n) is 2.11. The number of anilines is 1. The lowest BCUT2D eigenvalue weighted by molar-refractivity contribution is 0.0636. The van der Waals surface area contributed by atoms with E-state index < -0.39 is 17.8 Å². The van der Waals surface area contributed by atoms with E-state index in [9.17, 15) is 9.90 Å². The Morgan fingerprint density at radius 1 is 1.44 bits per heavy atom. The van der Waals surface area contributed by atoms with Gasteiger partial charge in [-0.3, -0.25) is 5.32 Å². The second kappa shape index (κ2) is 5.59. The molecule has 1 atom stereocenters. The van der Waals surface area contributed by atoms with Gasteiger partial charge in [-0.25, -0.2) is 4.79 Å². The largest absolute Gasteiger partial charge is 0.444 e. The third kappa shape index (κ3) is 4.55. The predicted molar refractivity (Wildman–Crippen MR) is 71.9 cm³/mol. The number of benzene rings is 1. The number of hydrogen-bond acceptors (Lipinski definition) is 3. The summed E-state index contributed by atoms with van der Waals surface area (Å²) < 4.78 is 5.13. The summed E-state index contributed by atoms with van der Waals surface area (Å²) in [7, 11) is 0. The fourth-order valence-electron chi connectivity index (χ4n) is 1.31. The summed E-state index contributed by atoms with van der Waals surface area (Å²) in [5, 5.41) is 12.4. The molecule has 0 saturated carbocycles. The van der Waals surface area contributed by atoms with Crippen LogP contribution in [0.25, 0.3) is 0 Å². The van der Waals surface area contributed by atoms with E-state index in [0.717, 1.165) is 0 Å². The highest BCUT2D eigenvalue weighted by atomic mass is 35.5. The Balaban J connectivity index is 2.84. The van der Waals surface area contributed by atoms with Gasteiger partial charge in [0.15, 0.2) is 0 Å². The van der Waals surface area contributed by atoms with Gasteiger partial charge in [-0.05, 0) is 45.4 Å². The number of aliphatic hydroxyl groups is 1. The molecule has 5 heteroatoms. The molecule has 100 valence electrons. The summed E-state index contributed by atoms with van der Waals surface area (Å²) in [6, 6.07) is 4.94. The van der Waals surface area contributed by atoms with Crippen molar-refractivity contribution in [2.45, 2.75) is 39.4 Å². The molecule has 1 amide bonds. The second-order valence-corrected chi connectivity index (χ2v) is 5.45. The smallest absolute Gasteiger partial charge is 0.412 e. The molecule has 0 aliphatic heterocycles. The van der Waals surface area contributed by atoms with Gasteiger partial charge < -0.3 is 9.84 Å². The zero-order valence-electron chi connectivity index (χ0n) is 11.0. The number of aliphatic hydroxyl groups excluding tert-OH is 1. The average molecular weight is 272 g/mol. The molecule has 0 radical (unpaired) electrons. The molecule has 1 unspecified atom stereocenters. The summed E-state index contributed by atoms with van der Waals surface area (Å²) in [5.41, 5.74) is 0.521. The minimum Gasteiger partial charge on any atom is -0.444 e. The molecule has 0 saturated heterocycles. The van der Waals surface area contributed by atoms with Crippen molar-refractivity contribution in [3.63, 3.8) is 0 Å².